The molecule has 4 aromatic rings. The minimum absolute atomic E-state index is 0.112. The summed E-state index contributed by atoms with van der Waals surface area (Å²) in [6.45, 7) is 9.88. The summed E-state index contributed by atoms with van der Waals surface area (Å²) < 4.78 is 23.0. The highest BCUT2D eigenvalue weighted by atomic mass is 35.5. The van der Waals surface area contributed by atoms with Gasteiger partial charge < -0.3 is 24.8 Å². The Kier molecular flexibility index (Phi) is 22.3. The molecular weight excluding hydrogens is 768 g/mol. The van der Waals surface area contributed by atoms with Crippen molar-refractivity contribution in [3.8, 4) is 22.8 Å². The van der Waals surface area contributed by atoms with E-state index in [4.69, 9.17) is 33.3 Å². The average molecular weight is 811 g/mol. The molecule has 1 aliphatic rings. The van der Waals surface area contributed by atoms with E-state index in [-0.39, 0.29) is 36.5 Å². The van der Waals surface area contributed by atoms with Gasteiger partial charge in [0.05, 0.1) is 19.0 Å². The molecule has 52 heavy (non-hydrogen) atoms. The van der Waals surface area contributed by atoms with Crippen LogP contribution in [0, 0.1) is 17.8 Å². The fourth-order valence-electron chi connectivity index (χ4n) is 3.82. The van der Waals surface area contributed by atoms with Crippen LogP contribution >= 0.6 is 58.6 Å². The number of aryl methyl sites for hydroxylation is 2. The van der Waals surface area contributed by atoms with Crippen LogP contribution in [0.5, 0.6) is 0 Å². The smallest absolute Gasteiger partial charge is 0.325 e. The second-order valence-electron chi connectivity index (χ2n) is 10.5. The van der Waals surface area contributed by atoms with Crippen molar-refractivity contribution in [1.29, 1.82) is 0 Å². The van der Waals surface area contributed by atoms with E-state index < -0.39 is 11.9 Å². The number of rotatable bonds is 12. The van der Waals surface area contributed by atoms with Crippen LogP contribution in [0.3, 0.4) is 0 Å². The molecule has 0 atom stereocenters. The normalized spacial score (nSPS) is 11.3. The molecule has 2 amide bonds. The molecule has 2 aromatic carbocycles. The van der Waals surface area contributed by atoms with Crippen LogP contribution in [0.15, 0.2) is 52.9 Å². The second kappa shape index (κ2) is 26.1. The largest absolute Gasteiger partial charge is 0.465 e. The van der Waals surface area contributed by atoms with Gasteiger partial charge in [-0.3, -0.25) is 23.6 Å². The number of aromatic nitrogens is 4. The molecule has 1 fully saturated rings. The number of H-pyrrole nitrogens is 1. The summed E-state index contributed by atoms with van der Waals surface area (Å²) in [6.07, 6.45) is 2.56. The van der Waals surface area contributed by atoms with Crippen molar-refractivity contribution >= 4 is 82.4 Å². The molecule has 0 radical (unpaired) electrons. The van der Waals surface area contributed by atoms with Gasteiger partial charge in [-0.15, -0.1) is 11.6 Å². The molecule has 282 valence electrons. The van der Waals surface area contributed by atoms with E-state index in [1.165, 1.54) is 53.2 Å². The summed E-state index contributed by atoms with van der Waals surface area (Å²) in [5.41, 5.74) is 4.42. The van der Waals surface area contributed by atoms with Gasteiger partial charge in [0.25, 0.3) is 0 Å². The number of halogens is 1. The van der Waals surface area contributed by atoms with Gasteiger partial charge >= 0.3 is 11.9 Å². The van der Waals surface area contributed by atoms with E-state index >= 15 is 0 Å². The number of thioether (sulfide) groups is 1. The first kappa shape index (κ1) is 44.4. The Morgan fingerprint density at radius 1 is 0.904 bits per heavy atom. The number of ether oxygens (including phenoxy) is 3. The third-order valence-corrected chi connectivity index (χ3v) is 9.14. The first-order chi connectivity index (χ1) is 25.0. The van der Waals surface area contributed by atoms with Crippen LogP contribution in [0.2, 0.25) is 0 Å². The van der Waals surface area contributed by atoms with Gasteiger partial charge in [-0.05, 0) is 88.0 Å². The zero-order valence-corrected chi connectivity index (χ0v) is 33.4. The highest BCUT2D eigenvalue weighted by Crippen LogP contribution is 2.25. The molecule has 5 rings (SSSR count). The van der Waals surface area contributed by atoms with Crippen LogP contribution in [-0.4, -0.2) is 93.6 Å². The van der Waals surface area contributed by atoms with Crippen molar-refractivity contribution in [3.05, 3.63) is 63.6 Å². The lowest BCUT2D eigenvalue weighted by Gasteiger charge is -2.03. The number of hydrogen-bond donors (Lipinski definition) is 3. The third kappa shape index (κ3) is 19.2. The molecule has 0 unspecified atom stereocenters. The summed E-state index contributed by atoms with van der Waals surface area (Å²) in [7, 11) is 0. The number of amides is 2. The van der Waals surface area contributed by atoms with Crippen molar-refractivity contribution in [3.63, 3.8) is 0 Å². The molecule has 2 aromatic heterocycles. The lowest BCUT2D eigenvalue weighted by Crippen LogP contribution is -2.31. The number of esters is 2. The van der Waals surface area contributed by atoms with E-state index in [0.717, 1.165) is 35.7 Å². The Hall–Kier alpha value is -3.74. The van der Waals surface area contributed by atoms with Gasteiger partial charge in [-0.2, -0.15) is 4.37 Å². The minimum Gasteiger partial charge on any atom is -0.465 e. The van der Waals surface area contributed by atoms with Crippen LogP contribution in [0.4, 0.5) is 0 Å². The van der Waals surface area contributed by atoms with Gasteiger partial charge in [0.15, 0.2) is 14.1 Å². The summed E-state index contributed by atoms with van der Waals surface area (Å²) in [4.78, 5) is 52.5. The molecule has 13 nitrogen and oxygen atoms in total. The maximum Gasteiger partial charge on any atom is 0.325 e. The van der Waals surface area contributed by atoms with Crippen molar-refractivity contribution in [2.24, 2.45) is 0 Å². The number of carbonyl (C=O) groups excluding carboxylic acids is 4. The molecule has 0 saturated carbocycles. The number of carbonyl (C=O) groups is 4. The third-order valence-electron chi connectivity index (χ3n) is 6.16. The van der Waals surface area contributed by atoms with Crippen LogP contribution in [0.1, 0.15) is 37.8 Å². The molecule has 1 aliphatic heterocycles. The molecule has 1 saturated heterocycles. The van der Waals surface area contributed by atoms with E-state index in [2.05, 4.69) is 53.1 Å². The van der Waals surface area contributed by atoms with E-state index in [9.17, 15) is 19.2 Å². The average Bonchev–Trinajstić information content (AvgIpc) is 3.95. The zero-order chi connectivity index (χ0) is 38.1. The van der Waals surface area contributed by atoms with Crippen molar-refractivity contribution < 1.29 is 33.4 Å². The van der Waals surface area contributed by atoms with Crippen molar-refractivity contribution in [2.45, 2.75) is 44.9 Å². The van der Waals surface area contributed by atoms with Crippen molar-refractivity contribution in [1.82, 2.24) is 29.3 Å². The van der Waals surface area contributed by atoms with Gasteiger partial charge in [-0.1, -0.05) is 59.3 Å². The second-order valence-corrected chi connectivity index (χ2v) is 14.1. The van der Waals surface area contributed by atoms with Gasteiger partial charge in [0.1, 0.15) is 24.8 Å². The van der Waals surface area contributed by atoms with E-state index in [0.29, 0.717) is 27.3 Å². The highest BCUT2D eigenvalue weighted by molar-refractivity contribution is 8.01. The lowest BCUT2D eigenvalue weighted by molar-refractivity contribution is -0.143. The molecule has 3 heterocycles. The Balaban J connectivity index is 0.000000272. The summed E-state index contributed by atoms with van der Waals surface area (Å²) in [5.74, 6) is 0.0535. The predicted octanol–water partition coefficient (Wildman–Crippen LogP) is 6.16. The van der Waals surface area contributed by atoms with E-state index in [1.54, 1.807) is 13.8 Å². The van der Waals surface area contributed by atoms with E-state index in [1.807, 2.05) is 43.3 Å². The molecule has 0 spiro atoms. The number of nitrogens with one attached hydrogen (secondary N) is 3. The molecule has 0 aliphatic carbocycles. The topological polar surface area (TPSA) is 174 Å². The number of hydrogen-bond acceptors (Lipinski definition) is 14. The van der Waals surface area contributed by atoms with Crippen LogP contribution < -0.4 is 10.6 Å². The summed E-state index contributed by atoms with van der Waals surface area (Å²) >= 11 is 14.0. The maximum atomic E-state index is 11.7. The lowest BCUT2D eigenvalue weighted by atomic mass is 10.1. The highest BCUT2D eigenvalue weighted by Gasteiger charge is 2.11. The standard InChI is InChI=1S/C15H17N3O3S2.C9H8N2S2.C6H10ClNO3.C4H8O/c1-3-21-13(20)8-16-12(19)9-22-15-17-14(18-23-15)11-6-4-5-10(2)7-11;1-6-3-2-4-7(5-6)8-10-9(12)13-11-8;1-2-11-6(10)4-8-5(9)3-7;1-2-4-5-3-1/h4-7H,3,8-9H2,1-2H3,(H,16,19);2-5H,1H3,(H,10,11,12);2-4H2,1H3,(H,8,9);1-4H2. The van der Waals surface area contributed by atoms with Crippen LogP contribution in [0.25, 0.3) is 22.8 Å². The first-order valence-corrected chi connectivity index (χ1v) is 19.7. The molecule has 0 bridgehead atoms. The fourth-order valence-corrected chi connectivity index (χ4v) is 6.06. The van der Waals surface area contributed by atoms with Crippen molar-refractivity contribution in [2.75, 3.05) is 51.1 Å². The summed E-state index contributed by atoms with van der Waals surface area (Å²) in [5, 5.41) is 4.78. The molecule has 18 heteroatoms. The zero-order valence-electron chi connectivity index (χ0n) is 29.4. The Labute approximate surface area is 325 Å². The molecule has 3 N–H and O–H groups in total. The number of aromatic amines is 1. The SMILES string of the molecule is C1CCOC1.CCOC(=O)CNC(=O)CCl.CCOC(=O)CNC(=O)CSc1nc(-c2cccc(C)c2)ns1.Cc1cccc(-c2nc(=S)s[nH]2)c1. The fraction of sp³-hybridized carbons (Fsp3) is 0.412. The number of nitrogens with zero attached hydrogens (tertiary/aromatic N) is 3. The Morgan fingerprint density at radius 2 is 1.48 bits per heavy atom. The number of benzene rings is 2. The minimum atomic E-state index is -0.453. The first-order valence-electron chi connectivity index (χ1n) is 16.2. The van der Waals surface area contributed by atoms with Gasteiger partial charge in [0, 0.05) is 24.3 Å². The number of alkyl halides is 1. The maximum absolute atomic E-state index is 11.7. The monoisotopic (exact) mass is 810 g/mol. The van der Waals surface area contributed by atoms with Crippen LogP contribution in [-0.2, 0) is 33.4 Å². The quantitative estimate of drug-likeness (QED) is 0.0645. The van der Waals surface area contributed by atoms with Gasteiger partial charge in [-0.25, -0.2) is 9.97 Å². The Bertz CT molecular complexity index is 1740. The van der Waals surface area contributed by atoms with Gasteiger partial charge in [0.2, 0.25) is 11.8 Å². The summed E-state index contributed by atoms with van der Waals surface area (Å²) in [6, 6.07) is 16.1. The molecular formula is C34H43ClN6O7S4. The predicted molar refractivity (Wildman–Crippen MR) is 208 cm³/mol. The Morgan fingerprint density at radius 3 is 1.98 bits per heavy atom.